The molecule has 17 heteroatoms. The van der Waals surface area contributed by atoms with E-state index in [1.54, 1.807) is 13.8 Å². The highest BCUT2D eigenvalue weighted by Gasteiger charge is 2.44. The maximum Gasteiger partial charge on any atom is 0.451 e. The van der Waals surface area contributed by atoms with Crippen molar-refractivity contribution in [3.8, 4) is 0 Å². The molecule has 0 unspecified atom stereocenters. The van der Waals surface area contributed by atoms with Gasteiger partial charge in [-0.25, -0.2) is 14.6 Å². The molecular formula is C27H24ClF6N7O3. The van der Waals surface area contributed by atoms with E-state index in [1.165, 1.54) is 27.6 Å². The number of benzene rings is 1. The number of rotatable bonds is 4. The summed E-state index contributed by atoms with van der Waals surface area (Å²) in [6.07, 6.45) is -7.52. The predicted octanol–water partition coefficient (Wildman–Crippen LogP) is 4.46. The van der Waals surface area contributed by atoms with E-state index in [0.717, 1.165) is 18.5 Å². The summed E-state index contributed by atoms with van der Waals surface area (Å²) in [6, 6.07) is 0.402. The van der Waals surface area contributed by atoms with Gasteiger partial charge in [-0.05, 0) is 32.0 Å². The molecule has 0 saturated heterocycles. The van der Waals surface area contributed by atoms with Crippen LogP contribution in [0.15, 0.2) is 30.6 Å². The van der Waals surface area contributed by atoms with Crippen molar-refractivity contribution >= 4 is 29.3 Å². The van der Waals surface area contributed by atoms with Crippen molar-refractivity contribution in [2.45, 2.75) is 57.3 Å². The fourth-order valence-electron chi connectivity index (χ4n) is 5.38. The van der Waals surface area contributed by atoms with Crippen molar-refractivity contribution in [3.63, 3.8) is 0 Å². The second kappa shape index (κ2) is 11.1. The zero-order chi connectivity index (χ0) is 32.3. The van der Waals surface area contributed by atoms with Crippen LogP contribution in [0.2, 0.25) is 5.02 Å². The summed E-state index contributed by atoms with van der Waals surface area (Å²) in [5.74, 6) is -3.19. The van der Waals surface area contributed by atoms with Crippen molar-refractivity contribution in [3.05, 3.63) is 75.1 Å². The molecule has 0 radical (unpaired) electrons. The number of alkyl halides is 6. The smallest absolute Gasteiger partial charge is 0.357 e. The minimum atomic E-state index is -4.79. The Balaban J connectivity index is 1.51. The molecule has 1 N–H and O–H groups in total. The highest BCUT2D eigenvalue weighted by atomic mass is 35.5. The Kier molecular flexibility index (Phi) is 7.84. The fraction of sp³-hybridized carbons (Fsp3) is 0.407. The van der Waals surface area contributed by atoms with Gasteiger partial charge < -0.3 is 15.1 Å². The molecule has 0 spiro atoms. The van der Waals surface area contributed by atoms with Gasteiger partial charge in [-0.1, -0.05) is 11.6 Å². The Morgan fingerprint density at radius 1 is 1.09 bits per heavy atom. The number of amides is 3. The van der Waals surface area contributed by atoms with Gasteiger partial charge in [0.25, 0.3) is 11.8 Å². The monoisotopic (exact) mass is 643 g/mol. The number of carbonyl (C=O) groups excluding carboxylic acids is 3. The molecule has 4 heterocycles. The lowest BCUT2D eigenvalue weighted by Crippen LogP contribution is -2.49. The molecule has 3 aromatic rings. The minimum absolute atomic E-state index is 0.0173. The third-order valence-electron chi connectivity index (χ3n) is 7.77. The molecule has 0 bridgehead atoms. The Hall–Kier alpha value is -4.21. The number of nitrogens with one attached hydrogen (secondary N) is 1. The molecule has 10 nitrogen and oxygen atoms in total. The highest BCUT2D eigenvalue weighted by Crippen LogP contribution is 2.38. The van der Waals surface area contributed by atoms with Crippen molar-refractivity contribution < 1.29 is 40.7 Å². The first-order valence-corrected chi connectivity index (χ1v) is 13.6. The van der Waals surface area contributed by atoms with Crippen LogP contribution < -0.4 is 5.32 Å². The average molecular weight is 644 g/mol. The van der Waals surface area contributed by atoms with Crippen LogP contribution >= 0.6 is 11.6 Å². The van der Waals surface area contributed by atoms with E-state index in [1.807, 2.05) is 0 Å². The summed E-state index contributed by atoms with van der Waals surface area (Å²) >= 11 is 5.72. The second-order valence-corrected chi connectivity index (χ2v) is 10.9. The minimum Gasteiger partial charge on any atom is -0.357 e. The van der Waals surface area contributed by atoms with Gasteiger partial charge in [0.1, 0.15) is 11.7 Å². The van der Waals surface area contributed by atoms with Gasteiger partial charge in [-0.2, -0.15) is 31.4 Å². The lowest BCUT2D eigenvalue weighted by molar-refractivity contribution is -0.145. The molecule has 0 saturated carbocycles. The lowest BCUT2D eigenvalue weighted by Gasteiger charge is -2.37. The van der Waals surface area contributed by atoms with Crippen LogP contribution in [-0.2, 0) is 30.1 Å². The van der Waals surface area contributed by atoms with E-state index in [-0.39, 0.29) is 36.3 Å². The largest absolute Gasteiger partial charge is 0.451 e. The van der Waals surface area contributed by atoms with E-state index in [0.29, 0.717) is 17.3 Å². The number of hydrogen-bond acceptors (Lipinski definition) is 6. The topological polar surface area (TPSA) is 113 Å². The second-order valence-electron chi connectivity index (χ2n) is 10.5. The lowest BCUT2D eigenvalue weighted by atomic mass is 9.96. The SMILES string of the molecule is CNC(=O)[C@@H]1CN([C@H](C)c2cnc(C(F)(F)F)nc2)C(=O)c2c3c(nn21)C[C@@H](C)N(C(=O)c1ccc(Cl)c(C(F)(F)F)c1)C3. The average Bonchev–Trinajstić information content (AvgIpc) is 3.33. The fourth-order valence-corrected chi connectivity index (χ4v) is 5.61. The van der Waals surface area contributed by atoms with E-state index >= 15 is 0 Å². The molecule has 1 aromatic carbocycles. The molecule has 3 amide bonds. The first-order chi connectivity index (χ1) is 20.5. The molecule has 234 valence electrons. The first kappa shape index (κ1) is 31.2. The summed E-state index contributed by atoms with van der Waals surface area (Å²) in [7, 11) is 1.39. The summed E-state index contributed by atoms with van der Waals surface area (Å²) in [5.41, 5.74) is -0.531. The van der Waals surface area contributed by atoms with Crippen molar-refractivity contribution in [1.82, 2.24) is 34.9 Å². The molecule has 2 aromatic heterocycles. The van der Waals surface area contributed by atoms with Gasteiger partial charge in [0, 0.05) is 48.6 Å². The number of halogens is 7. The van der Waals surface area contributed by atoms with Crippen LogP contribution in [0.1, 0.15) is 75.0 Å². The summed E-state index contributed by atoms with van der Waals surface area (Å²) in [6.45, 7) is 2.83. The van der Waals surface area contributed by atoms with Crippen LogP contribution in [0, 0.1) is 0 Å². The summed E-state index contributed by atoms with van der Waals surface area (Å²) in [4.78, 5) is 49.7. The predicted molar refractivity (Wildman–Crippen MR) is 141 cm³/mol. The molecular weight excluding hydrogens is 620 g/mol. The first-order valence-electron chi connectivity index (χ1n) is 13.2. The van der Waals surface area contributed by atoms with E-state index < -0.39 is 64.6 Å². The van der Waals surface area contributed by atoms with E-state index in [2.05, 4.69) is 20.4 Å². The summed E-state index contributed by atoms with van der Waals surface area (Å²) in [5, 5.41) is 6.48. The van der Waals surface area contributed by atoms with Gasteiger partial charge in [0.2, 0.25) is 11.7 Å². The molecule has 3 atom stereocenters. The van der Waals surface area contributed by atoms with Gasteiger partial charge in [0.15, 0.2) is 0 Å². The van der Waals surface area contributed by atoms with Crippen molar-refractivity contribution in [2.24, 2.45) is 0 Å². The maximum atomic E-state index is 13.9. The Morgan fingerprint density at radius 3 is 2.34 bits per heavy atom. The van der Waals surface area contributed by atoms with Crippen LogP contribution in [0.3, 0.4) is 0 Å². The zero-order valence-electron chi connectivity index (χ0n) is 23.3. The third-order valence-corrected chi connectivity index (χ3v) is 8.10. The van der Waals surface area contributed by atoms with Crippen LogP contribution in [0.4, 0.5) is 26.3 Å². The number of likely N-dealkylation sites (N-methyl/N-ethyl adjacent to an activating group) is 1. The Labute approximate surface area is 251 Å². The number of fused-ring (bicyclic) bond motifs is 3. The van der Waals surface area contributed by atoms with Crippen LogP contribution in [0.5, 0.6) is 0 Å². The Morgan fingerprint density at radius 2 is 1.75 bits per heavy atom. The number of carbonyl (C=O) groups is 3. The molecule has 0 fully saturated rings. The quantitative estimate of drug-likeness (QED) is 0.421. The molecule has 2 aliphatic heterocycles. The molecule has 0 aliphatic carbocycles. The van der Waals surface area contributed by atoms with Gasteiger partial charge in [-0.3, -0.25) is 14.4 Å². The van der Waals surface area contributed by atoms with E-state index in [9.17, 15) is 40.7 Å². The van der Waals surface area contributed by atoms with E-state index in [4.69, 9.17) is 11.6 Å². The van der Waals surface area contributed by atoms with Crippen molar-refractivity contribution in [2.75, 3.05) is 13.6 Å². The normalized spacial score (nSPS) is 19.4. The van der Waals surface area contributed by atoms with Crippen LogP contribution in [-0.4, -0.2) is 66.9 Å². The van der Waals surface area contributed by atoms with Gasteiger partial charge in [-0.15, -0.1) is 0 Å². The standard InChI is InChI=1S/C27H24ClF6N7O3/c1-12-6-19-16(10-39(12)23(43)14-4-5-18(28)17(7-14)26(29,30)31)21-24(44)40(11-20(22(42)35-3)41(21)38-19)13(2)15-8-36-25(37-9-15)27(32,33)34/h4-5,7-9,12-13,20H,6,10-11H2,1-3H3,(H,35,42)/t12-,13-,20+/m1/s1. The Bertz CT molecular complexity index is 1640. The number of hydrogen-bond donors (Lipinski definition) is 1. The molecule has 44 heavy (non-hydrogen) atoms. The number of nitrogens with zero attached hydrogens (tertiary/aromatic N) is 6. The highest BCUT2D eigenvalue weighted by molar-refractivity contribution is 6.31. The maximum absolute atomic E-state index is 13.9. The van der Waals surface area contributed by atoms with Gasteiger partial charge in [0.05, 0.1) is 35.4 Å². The summed E-state index contributed by atoms with van der Waals surface area (Å²) < 4.78 is 80.7. The zero-order valence-corrected chi connectivity index (χ0v) is 24.0. The van der Waals surface area contributed by atoms with Crippen LogP contribution in [0.25, 0.3) is 0 Å². The van der Waals surface area contributed by atoms with Crippen molar-refractivity contribution in [1.29, 1.82) is 0 Å². The molecule has 2 aliphatic rings. The van der Waals surface area contributed by atoms with Gasteiger partial charge >= 0.3 is 12.4 Å². The molecule has 5 rings (SSSR count). The third kappa shape index (κ3) is 5.46. The number of aromatic nitrogens is 4.